The van der Waals surface area contributed by atoms with Gasteiger partial charge < -0.3 is 21.1 Å². The molecule has 2 aromatic carbocycles. The lowest BCUT2D eigenvalue weighted by Gasteiger charge is -2.26. The van der Waals surface area contributed by atoms with E-state index in [1.165, 1.54) is 0 Å². The Morgan fingerprint density at radius 2 is 2.08 bits per heavy atom. The molecule has 0 bridgehead atoms. The zero-order valence-corrected chi connectivity index (χ0v) is 21.5. The number of aromatic nitrogens is 2. The Kier molecular flexibility index (Phi) is 11.0. The van der Waals surface area contributed by atoms with Gasteiger partial charge in [-0.1, -0.05) is 39.6 Å². The van der Waals surface area contributed by atoms with Crippen molar-refractivity contribution >= 4 is 37.3 Å². The van der Waals surface area contributed by atoms with Gasteiger partial charge in [0.1, 0.15) is 11.8 Å². The number of phenolic OH excluding ortho intramolecular Hbond substituents is 1. The third-order valence-electron chi connectivity index (χ3n) is 5.13. The number of aliphatic imine (C=N–C) groups is 1. The average Bonchev–Trinajstić information content (AvgIpc) is 3.28. The Labute approximate surface area is 214 Å². The lowest BCUT2D eigenvalue weighted by atomic mass is 10.0. The zero-order chi connectivity index (χ0) is 26.5. The molecule has 0 aliphatic carbocycles. The number of nitrogens with one attached hydrogen (secondary N) is 2. The number of anilines is 1. The number of hydrogen-bond donors (Lipinski definition) is 4. The number of hydrogen-bond acceptors (Lipinski definition) is 8. The standard InChI is InChI=1S/C15H19N3O.C9H10N5P.C2H2/c1-2-7-17-10-18-9-13-12-6-4-3-5-11(12)8-14(16)15(13)19;1-13-4-2-3-11-9(13)14-8(15)7(5-10)6-12-14;1-2/h2-8,17-19H,9-10,16H2,1H3;2-4,6,9H,15H2,1H3;1-2H/b7-2-;;. The third kappa shape index (κ3) is 6.86. The molecule has 0 fully saturated rings. The summed E-state index contributed by atoms with van der Waals surface area (Å²) >= 11 is 0. The monoisotopic (exact) mass is 502 g/mol. The summed E-state index contributed by atoms with van der Waals surface area (Å²) in [4.78, 5) is 6.20. The number of nitrogens with zero attached hydrogens (tertiary/aromatic N) is 5. The second-order valence-corrected chi connectivity index (χ2v) is 8.02. The van der Waals surface area contributed by atoms with Gasteiger partial charge >= 0.3 is 0 Å². The molecule has 1 aromatic heterocycles. The van der Waals surface area contributed by atoms with Crippen molar-refractivity contribution < 1.29 is 5.11 Å². The van der Waals surface area contributed by atoms with Crippen LogP contribution in [0.3, 0.4) is 0 Å². The molecule has 10 heteroatoms. The maximum absolute atomic E-state index is 10.1. The van der Waals surface area contributed by atoms with Gasteiger partial charge in [0.2, 0.25) is 6.29 Å². The van der Waals surface area contributed by atoms with E-state index in [4.69, 9.17) is 11.0 Å². The summed E-state index contributed by atoms with van der Waals surface area (Å²) in [6.07, 6.45) is 18.6. The van der Waals surface area contributed by atoms with Gasteiger partial charge in [-0.15, -0.1) is 12.8 Å². The summed E-state index contributed by atoms with van der Waals surface area (Å²) in [5.41, 5.74) is 8.38. The summed E-state index contributed by atoms with van der Waals surface area (Å²) in [5.74, 6) is 0.164. The first-order valence-electron chi connectivity index (χ1n) is 11.0. The van der Waals surface area contributed by atoms with E-state index < -0.39 is 0 Å². The highest BCUT2D eigenvalue weighted by Gasteiger charge is 2.18. The molecule has 2 heterocycles. The molecule has 0 spiro atoms. The highest BCUT2D eigenvalue weighted by Crippen LogP contribution is 2.32. The van der Waals surface area contributed by atoms with E-state index in [1.807, 2.05) is 67.7 Å². The van der Waals surface area contributed by atoms with Gasteiger partial charge in [0.25, 0.3) is 0 Å². The Balaban J connectivity index is 0.000000243. The lowest BCUT2D eigenvalue weighted by Crippen LogP contribution is -2.30. The van der Waals surface area contributed by atoms with Crippen molar-refractivity contribution in [1.82, 2.24) is 25.3 Å². The van der Waals surface area contributed by atoms with Crippen LogP contribution >= 0.6 is 9.24 Å². The van der Waals surface area contributed by atoms with Gasteiger partial charge in [0.15, 0.2) is 0 Å². The van der Waals surface area contributed by atoms with E-state index in [0.29, 0.717) is 24.5 Å². The van der Waals surface area contributed by atoms with Crippen LogP contribution < -0.4 is 21.8 Å². The normalized spacial score (nSPS) is 14.0. The predicted octanol–water partition coefficient (Wildman–Crippen LogP) is 2.79. The average molecular weight is 503 g/mol. The van der Waals surface area contributed by atoms with Gasteiger partial charge in [-0.3, -0.25) is 5.32 Å². The van der Waals surface area contributed by atoms with Crippen LogP contribution in [0.1, 0.15) is 24.3 Å². The van der Waals surface area contributed by atoms with Crippen LogP contribution in [0.15, 0.2) is 66.1 Å². The highest BCUT2D eigenvalue weighted by molar-refractivity contribution is 7.27. The minimum atomic E-state index is -0.204. The molecule has 3 aromatic rings. The van der Waals surface area contributed by atoms with Gasteiger partial charge in [0.05, 0.1) is 29.6 Å². The number of nitrogen functional groups attached to an aromatic ring is 1. The Hall–Kier alpha value is -4.30. The SMILES string of the molecule is C#C.C/C=C\NCNCc1c(O)c(N)cc2ccccc12.CN1C=CC=NC1n1ncc(C#N)c1P. The summed E-state index contributed by atoms with van der Waals surface area (Å²) in [5, 5.41) is 31.4. The smallest absolute Gasteiger partial charge is 0.218 e. The van der Waals surface area contributed by atoms with E-state index in [0.717, 1.165) is 21.8 Å². The molecule has 2 unspecified atom stereocenters. The molecular formula is C26H31N8OP. The van der Waals surface area contributed by atoms with Crippen LogP contribution in [-0.4, -0.2) is 39.7 Å². The van der Waals surface area contributed by atoms with Crippen molar-refractivity contribution in [2.24, 2.45) is 4.99 Å². The summed E-state index contributed by atoms with van der Waals surface area (Å²) in [7, 11) is 4.43. The van der Waals surface area contributed by atoms with Crippen LogP contribution in [0.2, 0.25) is 0 Å². The second-order valence-electron chi connectivity index (χ2n) is 7.47. The quantitative estimate of drug-likeness (QED) is 0.102. The van der Waals surface area contributed by atoms with Crippen molar-refractivity contribution in [2.75, 3.05) is 19.5 Å². The fourth-order valence-corrected chi connectivity index (χ4v) is 3.75. The number of phenols is 1. The van der Waals surface area contributed by atoms with Gasteiger partial charge in [-0.25, -0.2) is 9.67 Å². The van der Waals surface area contributed by atoms with Gasteiger partial charge in [0, 0.05) is 31.6 Å². The van der Waals surface area contributed by atoms with Crippen LogP contribution in [-0.2, 0) is 6.54 Å². The highest BCUT2D eigenvalue weighted by atomic mass is 31.0. The summed E-state index contributed by atoms with van der Waals surface area (Å²) < 4.78 is 1.70. The maximum Gasteiger partial charge on any atom is 0.218 e. The van der Waals surface area contributed by atoms with E-state index in [9.17, 15) is 5.11 Å². The van der Waals surface area contributed by atoms with Crippen molar-refractivity contribution in [2.45, 2.75) is 19.8 Å². The molecule has 5 N–H and O–H groups in total. The molecule has 4 rings (SSSR count). The molecule has 0 saturated carbocycles. The van der Waals surface area contributed by atoms with Crippen LogP contribution in [0.4, 0.5) is 5.69 Å². The first-order valence-corrected chi connectivity index (χ1v) is 11.6. The second kappa shape index (κ2) is 14.2. The van der Waals surface area contributed by atoms with Crippen LogP contribution in [0.25, 0.3) is 10.8 Å². The summed E-state index contributed by atoms with van der Waals surface area (Å²) in [6, 6.07) is 11.8. The topological polar surface area (TPSA) is 128 Å². The number of fused-ring (bicyclic) bond motifs is 1. The molecule has 0 saturated heterocycles. The molecular weight excluding hydrogens is 471 g/mol. The van der Waals surface area contributed by atoms with Crippen molar-refractivity contribution in [1.29, 1.82) is 5.26 Å². The Bertz CT molecular complexity index is 1300. The largest absolute Gasteiger partial charge is 0.505 e. The Morgan fingerprint density at radius 1 is 1.33 bits per heavy atom. The molecule has 0 amide bonds. The van der Waals surface area contributed by atoms with Crippen LogP contribution in [0, 0.1) is 24.2 Å². The predicted molar refractivity (Wildman–Crippen MR) is 150 cm³/mol. The van der Waals surface area contributed by atoms with Gasteiger partial charge in [-0.2, -0.15) is 10.4 Å². The molecule has 36 heavy (non-hydrogen) atoms. The molecule has 186 valence electrons. The number of benzene rings is 2. The Morgan fingerprint density at radius 3 is 2.75 bits per heavy atom. The maximum atomic E-state index is 10.1. The number of nitriles is 1. The van der Waals surface area contributed by atoms with Crippen molar-refractivity contribution in [3.63, 3.8) is 0 Å². The third-order valence-corrected chi connectivity index (χ3v) is 5.71. The number of aromatic hydroxyl groups is 1. The van der Waals surface area contributed by atoms with E-state index >= 15 is 0 Å². The molecule has 2 atom stereocenters. The molecule has 1 aliphatic rings. The lowest BCUT2D eigenvalue weighted by molar-refractivity contribution is 0.240. The first-order chi connectivity index (χ1) is 17.5. The van der Waals surface area contributed by atoms with Crippen LogP contribution in [0.5, 0.6) is 5.75 Å². The fourth-order valence-electron chi connectivity index (χ4n) is 3.41. The minimum Gasteiger partial charge on any atom is -0.505 e. The molecule has 9 nitrogen and oxygen atoms in total. The van der Waals surface area contributed by atoms with E-state index in [-0.39, 0.29) is 12.0 Å². The number of nitrogens with two attached hydrogens (primary N) is 1. The number of allylic oxidation sites excluding steroid dienone is 2. The number of rotatable bonds is 6. The van der Waals surface area contributed by atoms with E-state index in [2.05, 4.69) is 48.9 Å². The van der Waals surface area contributed by atoms with Crippen molar-refractivity contribution in [3.05, 3.63) is 72.2 Å². The number of terminal acetylenes is 1. The molecule has 0 radical (unpaired) electrons. The first kappa shape index (κ1) is 27.9. The minimum absolute atomic E-state index is 0.164. The van der Waals surface area contributed by atoms with Gasteiger partial charge in [-0.05, 0) is 36.0 Å². The summed E-state index contributed by atoms with van der Waals surface area (Å²) in [6.45, 7) is 3.14. The van der Waals surface area contributed by atoms with Crippen molar-refractivity contribution in [3.8, 4) is 24.7 Å². The molecule has 1 aliphatic heterocycles. The fraction of sp³-hybridized carbons (Fsp3) is 0.192. The van der Waals surface area contributed by atoms with E-state index in [1.54, 1.807) is 23.2 Å². The zero-order valence-electron chi connectivity index (χ0n) is 20.3.